The topological polar surface area (TPSA) is 65.8 Å². The Labute approximate surface area is 155 Å². The lowest BCUT2D eigenvalue weighted by molar-refractivity contribution is -0.132. The van der Waals surface area contributed by atoms with Crippen LogP contribution in [0.4, 0.5) is 19.0 Å². The fourth-order valence-corrected chi connectivity index (χ4v) is 2.05. The Balaban J connectivity index is 3.57. The maximum absolute atomic E-state index is 13.4. The average molecular weight is 379 g/mol. The van der Waals surface area contributed by atoms with Crippen molar-refractivity contribution in [3.05, 3.63) is 66.0 Å². The van der Waals surface area contributed by atoms with Crippen molar-refractivity contribution in [3.63, 3.8) is 0 Å². The lowest BCUT2D eigenvalue weighted by atomic mass is 10.1. The molecule has 0 aromatic carbocycles. The van der Waals surface area contributed by atoms with Gasteiger partial charge in [0.25, 0.3) is 0 Å². The van der Waals surface area contributed by atoms with Gasteiger partial charge in [-0.25, -0.2) is 14.8 Å². The predicted octanol–water partition coefficient (Wildman–Crippen LogP) is 4.96. The van der Waals surface area contributed by atoms with E-state index in [1.54, 1.807) is 43.4 Å². The fraction of sp³-hybridized carbons (Fsp3) is 0.211. The summed E-state index contributed by atoms with van der Waals surface area (Å²) in [5.74, 6) is -1.90. The molecule has 0 unspecified atom stereocenters. The van der Waals surface area contributed by atoms with Crippen molar-refractivity contribution in [1.82, 2.24) is 4.98 Å². The Kier molecular flexibility index (Phi) is 8.19. The van der Waals surface area contributed by atoms with Crippen LogP contribution >= 0.6 is 0 Å². The number of halogens is 3. The molecule has 1 rings (SSSR count). The van der Waals surface area contributed by atoms with E-state index in [0.29, 0.717) is 16.3 Å². The number of allylic oxidation sites excluding steroid dienone is 7. The molecule has 0 atom stereocenters. The molecule has 0 aliphatic heterocycles. The van der Waals surface area contributed by atoms with Crippen LogP contribution in [-0.4, -0.2) is 28.5 Å². The molecular formula is C19H20F3N3O2. The molecule has 0 saturated carbocycles. The minimum atomic E-state index is -4.93. The zero-order chi connectivity index (χ0) is 20.4. The maximum Gasteiger partial charge on any atom is 0.433 e. The molecule has 5 nitrogen and oxygen atoms in total. The second-order valence-corrected chi connectivity index (χ2v) is 5.08. The highest BCUT2D eigenvalue weighted by molar-refractivity contribution is 5.82. The molecule has 0 amide bonds. The van der Waals surface area contributed by atoms with Gasteiger partial charge in [-0.3, -0.25) is 0 Å². The number of carboxylic acid groups (broad SMARTS) is 1. The molecule has 0 spiro atoms. The standard InChI is InChI=1S/C19H20F3N3O2/c1-4-7-10-14(9-5-2)15-11-8-12-17(24-15)25(23-6-3)16(13-18(26)27)19(20,21)22/h4-13H,1-3H3,(H,26,27)/b7-4-,9-5+,14-10+,16-13+,23-6-. The second kappa shape index (κ2) is 10.1. The van der Waals surface area contributed by atoms with Gasteiger partial charge in [0.2, 0.25) is 0 Å². The molecule has 144 valence electrons. The quantitative estimate of drug-likeness (QED) is 0.315. The molecule has 0 radical (unpaired) electrons. The van der Waals surface area contributed by atoms with E-state index in [0.717, 1.165) is 6.21 Å². The summed E-state index contributed by atoms with van der Waals surface area (Å²) in [6.45, 7) is 5.05. The molecule has 1 aromatic rings. The van der Waals surface area contributed by atoms with Crippen molar-refractivity contribution in [1.29, 1.82) is 0 Å². The van der Waals surface area contributed by atoms with Crippen molar-refractivity contribution in [2.24, 2.45) is 5.10 Å². The molecule has 27 heavy (non-hydrogen) atoms. The normalized spacial score (nSPS) is 13.9. The number of hydrogen-bond donors (Lipinski definition) is 1. The van der Waals surface area contributed by atoms with Crippen LogP contribution in [0.1, 0.15) is 26.5 Å². The van der Waals surface area contributed by atoms with Gasteiger partial charge in [-0.1, -0.05) is 36.4 Å². The molecule has 0 aliphatic carbocycles. The third-order valence-electron chi connectivity index (χ3n) is 3.07. The Morgan fingerprint density at radius 3 is 2.44 bits per heavy atom. The molecule has 1 aromatic heterocycles. The first-order valence-electron chi connectivity index (χ1n) is 7.98. The number of carboxylic acids is 1. The number of alkyl halides is 3. The average Bonchev–Trinajstić information content (AvgIpc) is 2.60. The van der Waals surface area contributed by atoms with Crippen molar-refractivity contribution in [2.75, 3.05) is 5.01 Å². The summed E-state index contributed by atoms with van der Waals surface area (Å²) in [6.07, 6.45) is 5.12. The monoisotopic (exact) mass is 379 g/mol. The van der Waals surface area contributed by atoms with Crippen molar-refractivity contribution < 1.29 is 23.1 Å². The van der Waals surface area contributed by atoms with Gasteiger partial charge in [0, 0.05) is 6.21 Å². The van der Waals surface area contributed by atoms with Crippen molar-refractivity contribution >= 4 is 23.6 Å². The van der Waals surface area contributed by atoms with Crippen LogP contribution in [0.3, 0.4) is 0 Å². The summed E-state index contributed by atoms with van der Waals surface area (Å²) in [7, 11) is 0. The Morgan fingerprint density at radius 1 is 1.22 bits per heavy atom. The van der Waals surface area contributed by atoms with E-state index in [1.807, 2.05) is 6.92 Å². The SMILES string of the molecule is C\C=C/C=C(\C=C\C)c1cccc(N(/N=C\C)/C(=C/C(=O)O)C(F)(F)F)n1. The van der Waals surface area contributed by atoms with Gasteiger partial charge < -0.3 is 5.11 Å². The number of aliphatic carboxylic acids is 1. The van der Waals surface area contributed by atoms with Gasteiger partial charge in [-0.15, -0.1) is 0 Å². The summed E-state index contributed by atoms with van der Waals surface area (Å²) in [6, 6.07) is 4.49. The predicted molar refractivity (Wildman–Crippen MR) is 100 cm³/mol. The molecular weight excluding hydrogens is 359 g/mol. The summed E-state index contributed by atoms with van der Waals surface area (Å²) < 4.78 is 40.1. The van der Waals surface area contributed by atoms with E-state index >= 15 is 0 Å². The molecule has 0 aliphatic rings. The Morgan fingerprint density at radius 2 is 1.93 bits per heavy atom. The van der Waals surface area contributed by atoms with E-state index in [2.05, 4.69) is 10.1 Å². The third-order valence-corrected chi connectivity index (χ3v) is 3.07. The lowest BCUT2D eigenvalue weighted by Crippen LogP contribution is -2.29. The third kappa shape index (κ3) is 6.58. The molecule has 1 heterocycles. The number of rotatable bonds is 7. The molecule has 0 fully saturated rings. The van der Waals surface area contributed by atoms with E-state index in [-0.39, 0.29) is 11.9 Å². The number of nitrogens with zero attached hydrogens (tertiary/aromatic N) is 3. The van der Waals surface area contributed by atoms with Gasteiger partial charge in [-0.05, 0) is 38.5 Å². The minimum Gasteiger partial charge on any atom is -0.478 e. The highest BCUT2D eigenvalue weighted by Crippen LogP contribution is 2.32. The van der Waals surface area contributed by atoms with Crippen LogP contribution in [0.15, 0.2) is 65.5 Å². The summed E-state index contributed by atoms with van der Waals surface area (Å²) >= 11 is 0. The smallest absolute Gasteiger partial charge is 0.433 e. The van der Waals surface area contributed by atoms with E-state index in [1.165, 1.54) is 19.1 Å². The van der Waals surface area contributed by atoms with E-state index in [4.69, 9.17) is 5.11 Å². The van der Waals surface area contributed by atoms with Crippen LogP contribution < -0.4 is 5.01 Å². The molecule has 8 heteroatoms. The van der Waals surface area contributed by atoms with Crippen molar-refractivity contribution in [3.8, 4) is 0 Å². The fourth-order valence-electron chi connectivity index (χ4n) is 2.05. The van der Waals surface area contributed by atoms with E-state index < -0.39 is 17.8 Å². The summed E-state index contributed by atoms with van der Waals surface area (Å²) in [5, 5.41) is 12.9. The lowest BCUT2D eigenvalue weighted by Gasteiger charge is -2.23. The van der Waals surface area contributed by atoms with Crippen LogP contribution in [0, 0.1) is 0 Å². The first-order valence-corrected chi connectivity index (χ1v) is 7.98. The molecule has 1 N–H and O–H groups in total. The summed E-state index contributed by atoms with van der Waals surface area (Å²) in [4.78, 5) is 15.1. The van der Waals surface area contributed by atoms with Crippen LogP contribution in [0.5, 0.6) is 0 Å². The number of hydrogen-bond acceptors (Lipinski definition) is 4. The van der Waals surface area contributed by atoms with Crippen LogP contribution in [0.25, 0.3) is 5.57 Å². The number of aromatic nitrogens is 1. The first kappa shape index (κ1) is 21.9. The number of carbonyl (C=O) groups is 1. The number of hydrazone groups is 1. The number of pyridine rings is 1. The molecule has 0 saturated heterocycles. The van der Waals surface area contributed by atoms with Gasteiger partial charge >= 0.3 is 12.1 Å². The first-order chi connectivity index (χ1) is 12.7. The van der Waals surface area contributed by atoms with Crippen LogP contribution in [-0.2, 0) is 4.79 Å². The van der Waals surface area contributed by atoms with Gasteiger partial charge in [0.1, 0.15) is 0 Å². The Hall–Kier alpha value is -3.16. The minimum absolute atomic E-state index is 0.0594. The van der Waals surface area contributed by atoms with Crippen LogP contribution in [0.2, 0.25) is 0 Å². The highest BCUT2D eigenvalue weighted by Gasteiger charge is 2.40. The zero-order valence-electron chi connectivity index (χ0n) is 15.1. The second-order valence-electron chi connectivity index (χ2n) is 5.08. The van der Waals surface area contributed by atoms with Gasteiger partial charge in [0.05, 0.1) is 11.8 Å². The largest absolute Gasteiger partial charge is 0.478 e. The zero-order valence-corrected chi connectivity index (χ0v) is 15.1. The highest BCUT2D eigenvalue weighted by atomic mass is 19.4. The maximum atomic E-state index is 13.4. The molecule has 0 bridgehead atoms. The summed E-state index contributed by atoms with van der Waals surface area (Å²) in [5.41, 5.74) is -0.367. The van der Waals surface area contributed by atoms with E-state index in [9.17, 15) is 18.0 Å². The number of anilines is 1. The van der Waals surface area contributed by atoms with Crippen molar-refractivity contribution in [2.45, 2.75) is 26.9 Å². The van der Waals surface area contributed by atoms with Gasteiger partial charge in [-0.2, -0.15) is 18.3 Å². The Bertz CT molecular complexity index is 807. The van der Waals surface area contributed by atoms with Gasteiger partial charge in [0.15, 0.2) is 11.5 Å².